The van der Waals surface area contributed by atoms with Crippen molar-refractivity contribution in [2.75, 3.05) is 10.6 Å². The molecule has 2 rings (SSSR count). The van der Waals surface area contributed by atoms with Gasteiger partial charge in [-0.3, -0.25) is 9.10 Å². The van der Waals surface area contributed by atoms with E-state index >= 15 is 0 Å². The van der Waals surface area contributed by atoms with Crippen molar-refractivity contribution in [1.29, 1.82) is 0 Å². The number of nitrogens with one attached hydrogen (secondary N) is 1. The van der Waals surface area contributed by atoms with Gasteiger partial charge in [0.15, 0.2) is 0 Å². The summed E-state index contributed by atoms with van der Waals surface area (Å²) in [6, 6.07) is 10.5. The summed E-state index contributed by atoms with van der Waals surface area (Å²) in [6.45, 7) is 8.14. The number of halogens is 1. The highest BCUT2D eigenvalue weighted by atomic mass is 35.5. The van der Waals surface area contributed by atoms with Crippen LogP contribution in [0.2, 0.25) is 5.02 Å². The summed E-state index contributed by atoms with van der Waals surface area (Å²) in [5.41, 5.74) is 4.60. The molecule has 2 aromatic rings. The van der Waals surface area contributed by atoms with Gasteiger partial charge in [0, 0.05) is 11.6 Å². The Balaban J connectivity index is 2.34. The third-order valence-corrected chi connectivity index (χ3v) is 6.65. The smallest absolute Gasteiger partial charge is 0.244 e. The second-order valence-electron chi connectivity index (χ2n) is 7.44. The summed E-state index contributed by atoms with van der Waals surface area (Å²) in [4.78, 5) is 13.1. The predicted molar refractivity (Wildman–Crippen MR) is 125 cm³/mol. The van der Waals surface area contributed by atoms with Crippen molar-refractivity contribution in [3.63, 3.8) is 0 Å². The molecule has 0 aromatic heterocycles. The quantitative estimate of drug-likeness (QED) is 0.605. The van der Waals surface area contributed by atoms with Crippen LogP contribution < -0.4 is 9.62 Å². The van der Waals surface area contributed by atoms with Crippen molar-refractivity contribution in [2.24, 2.45) is 0 Å². The number of benzene rings is 2. The first-order valence-corrected chi connectivity index (χ1v) is 12.5. The maximum atomic E-state index is 13.1. The standard InChI is InChI=1S/C23H31ClN2O3S/c1-6-17-10-11-18(7-2)19(13-17)15-25-23(27)21(8-3)26(30(5,28)29)22-14-20(24)12-9-16(22)4/h9-14,21H,6-8,15H2,1-5H3,(H,25,27)/t21-/m0/s1. The third-order valence-electron chi connectivity index (χ3n) is 5.25. The maximum absolute atomic E-state index is 13.1. The number of hydrogen-bond donors (Lipinski definition) is 1. The van der Waals surface area contributed by atoms with E-state index in [4.69, 9.17) is 11.6 Å². The van der Waals surface area contributed by atoms with Crippen molar-refractivity contribution in [1.82, 2.24) is 5.32 Å². The van der Waals surface area contributed by atoms with Crippen LogP contribution in [0.4, 0.5) is 5.69 Å². The summed E-state index contributed by atoms with van der Waals surface area (Å²) >= 11 is 6.12. The van der Waals surface area contributed by atoms with Gasteiger partial charge < -0.3 is 5.32 Å². The summed E-state index contributed by atoms with van der Waals surface area (Å²) in [7, 11) is -3.71. The first-order valence-electron chi connectivity index (χ1n) is 10.3. The van der Waals surface area contributed by atoms with E-state index in [-0.39, 0.29) is 5.91 Å². The molecule has 1 amide bonds. The Labute approximate surface area is 185 Å². The monoisotopic (exact) mass is 450 g/mol. The van der Waals surface area contributed by atoms with Gasteiger partial charge in [-0.2, -0.15) is 0 Å². The molecule has 0 aliphatic rings. The molecule has 0 radical (unpaired) electrons. The van der Waals surface area contributed by atoms with E-state index in [0.717, 1.165) is 30.2 Å². The number of rotatable bonds is 9. The molecule has 30 heavy (non-hydrogen) atoms. The average molecular weight is 451 g/mol. The maximum Gasteiger partial charge on any atom is 0.244 e. The highest BCUT2D eigenvalue weighted by Gasteiger charge is 2.32. The van der Waals surface area contributed by atoms with Gasteiger partial charge in [-0.15, -0.1) is 0 Å². The summed E-state index contributed by atoms with van der Waals surface area (Å²) in [5.74, 6) is -0.328. The first kappa shape index (κ1) is 24.2. The van der Waals surface area contributed by atoms with E-state index in [0.29, 0.717) is 23.7 Å². The largest absolute Gasteiger partial charge is 0.350 e. The number of nitrogens with zero attached hydrogens (tertiary/aromatic N) is 1. The van der Waals surface area contributed by atoms with E-state index in [1.807, 2.05) is 0 Å². The minimum atomic E-state index is -3.71. The zero-order valence-electron chi connectivity index (χ0n) is 18.3. The minimum absolute atomic E-state index is 0.328. The Morgan fingerprint density at radius 1 is 1.07 bits per heavy atom. The molecule has 0 heterocycles. The van der Waals surface area contributed by atoms with Crippen LogP contribution in [0, 0.1) is 6.92 Å². The van der Waals surface area contributed by atoms with Gasteiger partial charge in [0.25, 0.3) is 0 Å². The van der Waals surface area contributed by atoms with Crippen LogP contribution in [0.3, 0.4) is 0 Å². The van der Waals surface area contributed by atoms with Gasteiger partial charge >= 0.3 is 0 Å². The lowest BCUT2D eigenvalue weighted by Crippen LogP contribution is -2.49. The Morgan fingerprint density at radius 3 is 2.33 bits per heavy atom. The average Bonchev–Trinajstić information content (AvgIpc) is 2.70. The van der Waals surface area contributed by atoms with E-state index in [9.17, 15) is 13.2 Å². The lowest BCUT2D eigenvalue weighted by atomic mass is 10.0. The van der Waals surface area contributed by atoms with Crippen LogP contribution in [-0.4, -0.2) is 26.6 Å². The molecule has 0 aliphatic heterocycles. The van der Waals surface area contributed by atoms with Crippen LogP contribution in [-0.2, 0) is 34.2 Å². The molecule has 164 valence electrons. The second-order valence-corrected chi connectivity index (χ2v) is 9.74. The Bertz CT molecular complexity index is 1010. The van der Waals surface area contributed by atoms with Crippen LogP contribution in [0.1, 0.15) is 49.4 Å². The Morgan fingerprint density at radius 2 is 1.77 bits per heavy atom. The van der Waals surface area contributed by atoms with Crippen LogP contribution in [0.5, 0.6) is 0 Å². The van der Waals surface area contributed by atoms with Crippen molar-refractivity contribution in [3.05, 3.63) is 63.7 Å². The molecule has 0 fully saturated rings. The van der Waals surface area contributed by atoms with E-state index in [2.05, 4.69) is 37.4 Å². The highest BCUT2D eigenvalue weighted by molar-refractivity contribution is 7.92. The fourth-order valence-electron chi connectivity index (χ4n) is 3.56. The lowest BCUT2D eigenvalue weighted by Gasteiger charge is -2.31. The third kappa shape index (κ3) is 5.76. The summed E-state index contributed by atoms with van der Waals surface area (Å²) < 4.78 is 26.5. The number of anilines is 1. The Hall–Kier alpha value is -2.05. The molecule has 1 atom stereocenters. The fraction of sp³-hybridized carbons (Fsp3) is 0.435. The number of amides is 1. The summed E-state index contributed by atoms with van der Waals surface area (Å²) in [5, 5.41) is 3.37. The van der Waals surface area contributed by atoms with E-state index in [1.54, 1.807) is 32.0 Å². The minimum Gasteiger partial charge on any atom is -0.350 e. The van der Waals surface area contributed by atoms with Crippen LogP contribution >= 0.6 is 11.6 Å². The normalized spacial score (nSPS) is 12.5. The second kappa shape index (κ2) is 10.3. The predicted octanol–water partition coefficient (Wildman–Crippen LogP) is 4.63. The topological polar surface area (TPSA) is 66.5 Å². The number of hydrogen-bond acceptors (Lipinski definition) is 3. The molecule has 0 aliphatic carbocycles. The van der Waals surface area contributed by atoms with E-state index in [1.165, 1.54) is 15.4 Å². The van der Waals surface area contributed by atoms with Gasteiger partial charge in [0.2, 0.25) is 15.9 Å². The zero-order chi connectivity index (χ0) is 22.5. The van der Waals surface area contributed by atoms with Crippen molar-refractivity contribution >= 4 is 33.2 Å². The molecular formula is C23H31ClN2O3S. The van der Waals surface area contributed by atoms with Gasteiger partial charge in [-0.25, -0.2) is 8.42 Å². The first-order chi connectivity index (χ1) is 14.1. The zero-order valence-corrected chi connectivity index (χ0v) is 19.9. The molecule has 2 aromatic carbocycles. The molecular weight excluding hydrogens is 420 g/mol. The van der Waals surface area contributed by atoms with Gasteiger partial charge in [-0.1, -0.05) is 56.6 Å². The van der Waals surface area contributed by atoms with E-state index < -0.39 is 16.1 Å². The van der Waals surface area contributed by atoms with Crippen LogP contribution in [0.15, 0.2) is 36.4 Å². The molecule has 0 saturated carbocycles. The molecule has 0 unspecified atom stereocenters. The number of carbonyl (C=O) groups excluding carboxylic acids is 1. The molecule has 7 heteroatoms. The summed E-state index contributed by atoms with van der Waals surface area (Å²) in [6.07, 6.45) is 3.23. The fourth-order valence-corrected chi connectivity index (χ4v) is 4.99. The van der Waals surface area contributed by atoms with Crippen molar-refractivity contribution < 1.29 is 13.2 Å². The van der Waals surface area contributed by atoms with Gasteiger partial charge in [0.05, 0.1) is 11.9 Å². The van der Waals surface area contributed by atoms with Crippen LogP contribution in [0.25, 0.3) is 0 Å². The Kier molecular flexibility index (Phi) is 8.33. The SMILES string of the molecule is CCc1ccc(CC)c(CNC(=O)[C@H](CC)N(c2cc(Cl)ccc2C)S(C)(=O)=O)c1. The molecule has 1 N–H and O–H groups in total. The van der Waals surface area contributed by atoms with Gasteiger partial charge in [-0.05, 0) is 60.6 Å². The number of aryl methyl sites for hydroxylation is 3. The molecule has 0 saturated heterocycles. The molecule has 0 bridgehead atoms. The van der Waals surface area contributed by atoms with Gasteiger partial charge in [0.1, 0.15) is 6.04 Å². The number of carbonyl (C=O) groups is 1. The van der Waals surface area contributed by atoms with Crippen molar-refractivity contribution in [2.45, 2.75) is 59.5 Å². The highest BCUT2D eigenvalue weighted by Crippen LogP contribution is 2.29. The van der Waals surface area contributed by atoms with Crippen molar-refractivity contribution in [3.8, 4) is 0 Å². The molecule has 5 nitrogen and oxygen atoms in total. The lowest BCUT2D eigenvalue weighted by molar-refractivity contribution is -0.122. The number of sulfonamides is 1. The molecule has 0 spiro atoms.